The van der Waals surface area contributed by atoms with Gasteiger partial charge in [0.05, 0.1) is 0 Å². The molecule has 1 atom stereocenters. The van der Waals surface area contributed by atoms with Gasteiger partial charge in [0, 0.05) is 23.7 Å². The molecule has 2 aromatic rings. The molecular formula is C11H14N4. The van der Waals surface area contributed by atoms with Crippen molar-refractivity contribution >= 4 is 5.65 Å². The van der Waals surface area contributed by atoms with Gasteiger partial charge in [0.25, 0.3) is 0 Å². The Balaban J connectivity index is 2.23. The molecule has 78 valence electrons. The van der Waals surface area contributed by atoms with Crippen molar-refractivity contribution in [1.29, 1.82) is 0 Å². The Morgan fingerprint density at radius 1 is 1.47 bits per heavy atom. The zero-order valence-electron chi connectivity index (χ0n) is 8.72. The summed E-state index contributed by atoms with van der Waals surface area (Å²) in [6.07, 6.45) is 4.50. The first-order valence-electron chi connectivity index (χ1n) is 5.36. The molecule has 2 heterocycles. The van der Waals surface area contributed by atoms with Crippen molar-refractivity contribution in [2.45, 2.75) is 31.7 Å². The summed E-state index contributed by atoms with van der Waals surface area (Å²) in [5.74, 6) is 1.70. The summed E-state index contributed by atoms with van der Waals surface area (Å²) in [7, 11) is 0. The standard InChI is InChI=1S/C11H14N4/c1-7(12)9-3-2-6-15-10(8-4-5-8)13-14-11(9)15/h2-3,6-8H,4-5,12H2,1H3. The van der Waals surface area contributed by atoms with Gasteiger partial charge in [0.1, 0.15) is 5.82 Å². The van der Waals surface area contributed by atoms with E-state index in [1.165, 1.54) is 12.8 Å². The fraction of sp³-hybridized carbons (Fsp3) is 0.455. The first kappa shape index (κ1) is 8.85. The predicted molar refractivity (Wildman–Crippen MR) is 57.6 cm³/mol. The van der Waals surface area contributed by atoms with Gasteiger partial charge in [0.15, 0.2) is 5.65 Å². The molecule has 0 saturated heterocycles. The summed E-state index contributed by atoms with van der Waals surface area (Å²) in [6.45, 7) is 1.97. The average molecular weight is 202 g/mol. The highest BCUT2D eigenvalue weighted by Gasteiger charge is 2.28. The van der Waals surface area contributed by atoms with Crippen LogP contribution < -0.4 is 5.73 Å². The molecule has 0 radical (unpaired) electrons. The average Bonchev–Trinajstić information content (AvgIpc) is 2.97. The van der Waals surface area contributed by atoms with Gasteiger partial charge in [-0.25, -0.2) is 0 Å². The molecule has 4 heteroatoms. The molecule has 1 aliphatic rings. The Morgan fingerprint density at radius 2 is 2.27 bits per heavy atom. The van der Waals surface area contributed by atoms with E-state index in [0.29, 0.717) is 5.92 Å². The van der Waals surface area contributed by atoms with Gasteiger partial charge in [-0.1, -0.05) is 6.07 Å². The maximum absolute atomic E-state index is 5.90. The number of fused-ring (bicyclic) bond motifs is 1. The van der Waals surface area contributed by atoms with E-state index in [1.54, 1.807) is 0 Å². The van der Waals surface area contributed by atoms with E-state index < -0.39 is 0 Å². The van der Waals surface area contributed by atoms with Crippen LogP contribution in [-0.2, 0) is 0 Å². The second-order valence-electron chi connectivity index (χ2n) is 4.28. The van der Waals surface area contributed by atoms with Crippen LogP contribution in [0.5, 0.6) is 0 Å². The third kappa shape index (κ3) is 1.33. The third-order valence-corrected chi connectivity index (χ3v) is 2.92. The SMILES string of the molecule is CC(N)c1cccn2c(C3CC3)nnc12. The molecule has 0 aliphatic heterocycles. The van der Waals surface area contributed by atoms with Gasteiger partial charge in [-0.3, -0.25) is 4.40 Å². The minimum atomic E-state index is 0.00459. The zero-order chi connectivity index (χ0) is 10.4. The third-order valence-electron chi connectivity index (χ3n) is 2.92. The van der Waals surface area contributed by atoms with E-state index in [2.05, 4.69) is 14.6 Å². The molecule has 0 aromatic carbocycles. The Morgan fingerprint density at radius 3 is 2.93 bits per heavy atom. The van der Waals surface area contributed by atoms with Crippen molar-refractivity contribution in [1.82, 2.24) is 14.6 Å². The molecule has 3 rings (SSSR count). The molecular weight excluding hydrogens is 188 g/mol. The number of aromatic nitrogens is 3. The van der Waals surface area contributed by atoms with E-state index in [-0.39, 0.29) is 6.04 Å². The summed E-state index contributed by atoms with van der Waals surface area (Å²) in [4.78, 5) is 0. The highest BCUT2D eigenvalue weighted by molar-refractivity contribution is 5.49. The van der Waals surface area contributed by atoms with Crippen LogP contribution >= 0.6 is 0 Å². The maximum Gasteiger partial charge on any atom is 0.165 e. The van der Waals surface area contributed by atoms with E-state index in [9.17, 15) is 0 Å². The van der Waals surface area contributed by atoms with E-state index in [4.69, 9.17) is 5.73 Å². The molecule has 2 aromatic heterocycles. The fourth-order valence-corrected chi connectivity index (χ4v) is 1.93. The summed E-state index contributed by atoms with van der Waals surface area (Å²) in [6, 6.07) is 4.04. The van der Waals surface area contributed by atoms with Gasteiger partial charge in [-0.05, 0) is 25.8 Å². The summed E-state index contributed by atoms with van der Waals surface area (Å²) in [5.41, 5.74) is 7.88. The quantitative estimate of drug-likeness (QED) is 0.805. The van der Waals surface area contributed by atoms with Crippen molar-refractivity contribution in [3.8, 4) is 0 Å². The van der Waals surface area contributed by atoms with Crippen LogP contribution in [0.1, 0.15) is 43.1 Å². The minimum absolute atomic E-state index is 0.00459. The van der Waals surface area contributed by atoms with Gasteiger partial charge in [-0.15, -0.1) is 10.2 Å². The molecule has 1 saturated carbocycles. The number of hydrogen-bond acceptors (Lipinski definition) is 3. The Hall–Kier alpha value is -1.42. The lowest BCUT2D eigenvalue weighted by Gasteiger charge is -2.06. The van der Waals surface area contributed by atoms with Crippen LogP contribution in [0.4, 0.5) is 0 Å². The van der Waals surface area contributed by atoms with Gasteiger partial charge >= 0.3 is 0 Å². The molecule has 0 spiro atoms. The summed E-state index contributed by atoms with van der Waals surface area (Å²) >= 11 is 0. The molecule has 1 fully saturated rings. The lowest BCUT2D eigenvalue weighted by atomic mass is 10.1. The first-order valence-corrected chi connectivity index (χ1v) is 5.36. The van der Waals surface area contributed by atoms with Crippen molar-refractivity contribution in [2.75, 3.05) is 0 Å². The molecule has 1 aliphatic carbocycles. The zero-order valence-corrected chi connectivity index (χ0v) is 8.72. The topological polar surface area (TPSA) is 56.2 Å². The van der Waals surface area contributed by atoms with Crippen LogP contribution in [0, 0.1) is 0 Å². The van der Waals surface area contributed by atoms with Crippen LogP contribution in [0.3, 0.4) is 0 Å². The molecule has 2 N–H and O–H groups in total. The smallest absolute Gasteiger partial charge is 0.165 e. The molecule has 1 unspecified atom stereocenters. The number of rotatable bonds is 2. The van der Waals surface area contributed by atoms with Crippen LogP contribution in [-0.4, -0.2) is 14.6 Å². The maximum atomic E-state index is 5.90. The van der Waals surface area contributed by atoms with Crippen molar-refractivity contribution in [2.24, 2.45) is 5.73 Å². The molecule has 4 nitrogen and oxygen atoms in total. The number of pyridine rings is 1. The molecule has 15 heavy (non-hydrogen) atoms. The largest absolute Gasteiger partial charge is 0.324 e. The highest BCUT2D eigenvalue weighted by atomic mass is 15.3. The van der Waals surface area contributed by atoms with Crippen molar-refractivity contribution < 1.29 is 0 Å². The molecule has 0 bridgehead atoms. The van der Waals surface area contributed by atoms with Gasteiger partial charge in [0.2, 0.25) is 0 Å². The Kier molecular flexibility index (Phi) is 1.79. The van der Waals surface area contributed by atoms with Crippen molar-refractivity contribution in [3.05, 3.63) is 29.7 Å². The highest BCUT2D eigenvalue weighted by Crippen LogP contribution is 2.39. The first-order chi connectivity index (χ1) is 7.27. The minimum Gasteiger partial charge on any atom is -0.324 e. The monoisotopic (exact) mass is 202 g/mol. The lowest BCUT2D eigenvalue weighted by Crippen LogP contribution is -2.07. The fourth-order valence-electron chi connectivity index (χ4n) is 1.93. The summed E-state index contributed by atoms with van der Waals surface area (Å²) < 4.78 is 2.08. The van der Waals surface area contributed by atoms with E-state index in [0.717, 1.165) is 17.0 Å². The predicted octanol–water partition coefficient (Wildman–Crippen LogP) is 1.63. The van der Waals surface area contributed by atoms with E-state index >= 15 is 0 Å². The van der Waals surface area contributed by atoms with E-state index in [1.807, 2.05) is 25.3 Å². The van der Waals surface area contributed by atoms with Crippen molar-refractivity contribution in [3.63, 3.8) is 0 Å². The lowest BCUT2D eigenvalue weighted by molar-refractivity contribution is 0.814. The second-order valence-corrected chi connectivity index (χ2v) is 4.28. The molecule has 0 amide bonds. The number of nitrogens with two attached hydrogens (primary N) is 1. The number of nitrogens with zero attached hydrogens (tertiary/aromatic N) is 3. The Labute approximate surface area is 88.1 Å². The van der Waals surface area contributed by atoms with Crippen LogP contribution in [0.25, 0.3) is 5.65 Å². The van der Waals surface area contributed by atoms with Crippen LogP contribution in [0.2, 0.25) is 0 Å². The van der Waals surface area contributed by atoms with Crippen LogP contribution in [0.15, 0.2) is 18.3 Å². The Bertz CT molecular complexity index is 496. The van der Waals surface area contributed by atoms with Gasteiger partial charge < -0.3 is 5.73 Å². The second kappa shape index (κ2) is 3.03. The summed E-state index contributed by atoms with van der Waals surface area (Å²) in [5, 5.41) is 8.49. The number of hydrogen-bond donors (Lipinski definition) is 1. The van der Waals surface area contributed by atoms with Gasteiger partial charge in [-0.2, -0.15) is 0 Å². The normalized spacial score (nSPS) is 18.3.